The summed E-state index contributed by atoms with van der Waals surface area (Å²) in [5, 5.41) is 6.51. The monoisotopic (exact) mass is 288 g/mol. The Hall–Kier alpha value is -1.35. The molecule has 1 saturated carbocycles. The number of anilines is 1. The predicted molar refractivity (Wildman–Crippen MR) is 88.3 cm³/mol. The number of rotatable bonds is 6. The van der Waals surface area contributed by atoms with E-state index in [-0.39, 0.29) is 11.3 Å². The van der Waals surface area contributed by atoms with E-state index >= 15 is 0 Å². The average molecular weight is 288 g/mol. The Balaban J connectivity index is 1.95. The van der Waals surface area contributed by atoms with Gasteiger partial charge in [-0.2, -0.15) is 0 Å². The molecule has 0 atom stereocenters. The van der Waals surface area contributed by atoms with Crippen LogP contribution in [0.3, 0.4) is 0 Å². The summed E-state index contributed by atoms with van der Waals surface area (Å²) in [5.74, 6) is 0.181. The molecule has 3 heteroatoms. The lowest BCUT2D eigenvalue weighted by Crippen LogP contribution is -2.35. The molecule has 0 saturated heterocycles. The van der Waals surface area contributed by atoms with Crippen LogP contribution in [-0.2, 0) is 11.3 Å². The molecule has 1 aliphatic carbocycles. The molecule has 0 radical (unpaired) electrons. The molecular formula is C18H28N2O. The molecule has 1 fully saturated rings. The second-order valence-corrected chi connectivity index (χ2v) is 6.45. The molecule has 0 aliphatic heterocycles. The van der Waals surface area contributed by atoms with Crippen molar-refractivity contribution < 1.29 is 4.79 Å². The number of hydrogen-bond donors (Lipinski definition) is 2. The van der Waals surface area contributed by atoms with Gasteiger partial charge in [0.25, 0.3) is 0 Å². The average Bonchev–Trinajstić information content (AvgIpc) is 2.49. The van der Waals surface area contributed by atoms with E-state index in [0.717, 1.165) is 38.0 Å². The van der Waals surface area contributed by atoms with Crippen molar-refractivity contribution in [1.82, 2.24) is 5.32 Å². The molecule has 0 unspecified atom stereocenters. The van der Waals surface area contributed by atoms with Crippen LogP contribution in [0.15, 0.2) is 24.3 Å². The van der Waals surface area contributed by atoms with Gasteiger partial charge >= 0.3 is 0 Å². The molecule has 1 aliphatic rings. The molecule has 1 aromatic rings. The lowest BCUT2D eigenvalue weighted by molar-refractivity contribution is -0.126. The quantitative estimate of drug-likeness (QED) is 0.774. The minimum atomic E-state index is -0.186. The van der Waals surface area contributed by atoms with Crippen LogP contribution in [0.2, 0.25) is 0 Å². The van der Waals surface area contributed by atoms with E-state index in [0.29, 0.717) is 0 Å². The minimum Gasteiger partial charge on any atom is -0.326 e. The highest BCUT2D eigenvalue weighted by molar-refractivity contribution is 5.95. The molecule has 116 valence electrons. The van der Waals surface area contributed by atoms with E-state index in [2.05, 4.69) is 36.6 Å². The predicted octanol–water partition coefficient (Wildman–Crippen LogP) is 4.10. The van der Waals surface area contributed by atoms with Gasteiger partial charge in [-0.15, -0.1) is 0 Å². The van der Waals surface area contributed by atoms with Gasteiger partial charge in [-0.05, 0) is 43.5 Å². The van der Waals surface area contributed by atoms with Gasteiger partial charge in [-0.25, -0.2) is 0 Å². The number of amides is 1. The molecule has 1 aromatic carbocycles. The molecule has 0 bridgehead atoms. The maximum Gasteiger partial charge on any atom is 0.230 e. The largest absolute Gasteiger partial charge is 0.326 e. The second-order valence-electron chi connectivity index (χ2n) is 6.45. The van der Waals surface area contributed by atoms with Crippen molar-refractivity contribution >= 4 is 11.6 Å². The maximum absolute atomic E-state index is 12.5. The van der Waals surface area contributed by atoms with Gasteiger partial charge in [0.2, 0.25) is 5.91 Å². The summed E-state index contributed by atoms with van der Waals surface area (Å²) in [4.78, 5) is 12.5. The van der Waals surface area contributed by atoms with Gasteiger partial charge in [0.15, 0.2) is 0 Å². The van der Waals surface area contributed by atoms with Gasteiger partial charge in [0, 0.05) is 17.6 Å². The van der Waals surface area contributed by atoms with E-state index in [1.807, 2.05) is 12.1 Å². The van der Waals surface area contributed by atoms with E-state index in [4.69, 9.17) is 0 Å². The van der Waals surface area contributed by atoms with Gasteiger partial charge in [0.1, 0.15) is 0 Å². The fourth-order valence-electron chi connectivity index (χ4n) is 3.01. The zero-order valence-corrected chi connectivity index (χ0v) is 13.4. The Morgan fingerprint density at radius 3 is 2.71 bits per heavy atom. The molecule has 1 amide bonds. The smallest absolute Gasteiger partial charge is 0.230 e. The van der Waals surface area contributed by atoms with Crippen LogP contribution in [0.1, 0.15) is 57.9 Å². The number of carbonyl (C=O) groups excluding carboxylic acids is 1. The third-order valence-electron chi connectivity index (χ3n) is 4.45. The molecule has 2 N–H and O–H groups in total. The first-order valence-corrected chi connectivity index (χ1v) is 8.25. The summed E-state index contributed by atoms with van der Waals surface area (Å²) in [6, 6.07) is 8.17. The van der Waals surface area contributed by atoms with Gasteiger partial charge in [-0.1, -0.05) is 45.2 Å². The number of benzene rings is 1. The van der Waals surface area contributed by atoms with Crippen molar-refractivity contribution in [1.29, 1.82) is 0 Å². The van der Waals surface area contributed by atoms with Crippen molar-refractivity contribution in [2.24, 2.45) is 5.41 Å². The van der Waals surface area contributed by atoms with Crippen LogP contribution in [0.5, 0.6) is 0 Å². The summed E-state index contributed by atoms with van der Waals surface area (Å²) in [7, 11) is 0. The summed E-state index contributed by atoms with van der Waals surface area (Å²) >= 11 is 0. The van der Waals surface area contributed by atoms with Crippen molar-refractivity contribution in [2.45, 2.75) is 58.9 Å². The van der Waals surface area contributed by atoms with Crippen LogP contribution in [0, 0.1) is 5.41 Å². The molecule has 21 heavy (non-hydrogen) atoms. The lowest BCUT2D eigenvalue weighted by Gasteiger charge is -2.32. The van der Waals surface area contributed by atoms with Crippen LogP contribution in [0.4, 0.5) is 5.69 Å². The fraction of sp³-hybridized carbons (Fsp3) is 0.611. The molecule has 0 spiro atoms. The summed E-state index contributed by atoms with van der Waals surface area (Å²) in [6.45, 7) is 6.14. The van der Waals surface area contributed by atoms with Crippen molar-refractivity contribution in [3.05, 3.63) is 29.8 Å². The third-order valence-corrected chi connectivity index (χ3v) is 4.45. The first kappa shape index (κ1) is 16.0. The number of carbonyl (C=O) groups is 1. The Morgan fingerprint density at radius 2 is 2.00 bits per heavy atom. The topological polar surface area (TPSA) is 41.1 Å². The zero-order chi connectivity index (χ0) is 15.1. The standard InChI is InChI=1S/C18H28N2O/c1-3-12-19-14-15-8-7-9-16(13-15)20-17(21)18(2)10-5-4-6-11-18/h7-9,13,19H,3-6,10-12,14H2,1-2H3,(H,20,21). The SMILES string of the molecule is CCCNCc1cccc(NC(=O)C2(C)CCCCC2)c1. The Kier molecular flexibility index (Phi) is 5.80. The van der Waals surface area contributed by atoms with Gasteiger partial charge in [0.05, 0.1) is 0 Å². The van der Waals surface area contributed by atoms with Crippen LogP contribution < -0.4 is 10.6 Å². The summed E-state index contributed by atoms with van der Waals surface area (Å²) < 4.78 is 0. The summed E-state index contributed by atoms with van der Waals surface area (Å²) in [5.41, 5.74) is 1.95. The molecule has 0 heterocycles. The maximum atomic E-state index is 12.5. The molecule has 2 rings (SSSR count). The van der Waals surface area contributed by atoms with Crippen LogP contribution >= 0.6 is 0 Å². The molecular weight excluding hydrogens is 260 g/mol. The van der Waals surface area contributed by atoms with Crippen molar-refractivity contribution in [3.63, 3.8) is 0 Å². The van der Waals surface area contributed by atoms with Crippen molar-refractivity contribution in [3.8, 4) is 0 Å². The Morgan fingerprint density at radius 1 is 1.24 bits per heavy atom. The Bertz CT molecular complexity index is 464. The van der Waals surface area contributed by atoms with Gasteiger partial charge < -0.3 is 10.6 Å². The third kappa shape index (κ3) is 4.57. The second kappa shape index (κ2) is 7.60. The Labute approximate surface area is 128 Å². The van der Waals surface area contributed by atoms with E-state index in [9.17, 15) is 4.79 Å². The number of hydrogen-bond acceptors (Lipinski definition) is 2. The minimum absolute atomic E-state index is 0.181. The first-order chi connectivity index (χ1) is 10.1. The highest BCUT2D eigenvalue weighted by Crippen LogP contribution is 2.36. The number of nitrogens with one attached hydrogen (secondary N) is 2. The highest BCUT2D eigenvalue weighted by Gasteiger charge is 2.34. The fourth-order valence-corrected chi connectivity index (χ4v) is 3.01. The molecule has 3 nitrogen and oxygen atoms in total. The lowest BCUT2D eigenvalue weighted by atomic mass is 9.75. The van der Waals surface area contributed by atoms with Crippen LogP contribution in [-0.4, -0.2) is 12.5 Å². The van der Waals surface area contributed by atoms with E-state index < -0.39 is 0 Å². The summed E-state index contributed by atoms with van der Waals surface area (Å²) in [6.07, 6.45) is 6.76. The van der Waals surface area contributed by atoms with Crippen molar-refractivity contribution in [2.75, 3.05) is 11.9 Å². The van der Waals surface area contributed by atoms with Gasteiger partial charge in [-0.3, -0.25) is 4.79 Å². The normalized spacial score (nSPS) is 17.4. The van der Waals surface area contributed by atoms with E-state index in [1.165, 1.54) is 24.8 Å². The zero-order valence-electron chi connectivity index (χ0n) is 13.4. The highest BCUT2D eigenvalue weighted by atomic mass is 16.2. The van der Waals surface area contributed by atoms with Crippen LogP contribution in [0.25, 0.3) is 0 Å². The van der Waals surface area contributed by atoms with E-state index in [1.54, 1.807) is 0 Å². The first-order valence-electron chi connectivity index (χ1n) is 8.25. The molecule has 0 aromatic heterocycles.